The molecule has 0 aliphatic heterocycles. The second-order valence-electron chi connectivity index (χ2n) is 5.60. The molecule has 0 spiro atoms. The van der Waals surface area contributed by atoms with Crippen molar-refractivity contribution in [1.29, 1.82) is 0 Å². The third kappa shape index (κ3) is 5.04. The van der Waals surface area contributed by atoms with Crippen molar-refractivity contribution < 1.29 is 4.79 Å². The quantitative estimate of drug-likeness (QED) is 0.701. The fourth-order valence-electron chi connectivity index (χ4n) is 2.57. The zero-order valence-electron chi connectivity index (χ0n) is 11.4. The molecule has 3 atom stereocenters. The van der Waals surface area contributed by atoms with E-state index < -0.39 is 0 Å². The first-order chi connectivity index (χ1) is 8.00. The van der Waals surface area contributed by atoms with Gasteiger partial charge in [0, 0.05) is 18.5 Å². The molecule has 0 aromatic carbocycles. The Bertz CT molecular complexity index is 243. The number of nitrogens with one attached hydrogen (secondary N) is 1. The SMILES string of the molecule is CC1CC(N)CCC1C(=O)NCCCN(C)C. The zero-order valence-corrected chi connectivity index (χ0v) is 11.4. The number of carbonyl (C=O) groups excluding carboxylic acids is 1. The van der Waals surface area contributed by atoms with Crippen LogP contribution in [0.3, 0.4) is 0 Å². The average Bonchev–Trinajstić information content (AvgIpc) is 2.23. The molecule has 0 saturated heterocycles. The highest BCUT2D eigenvalue weighted by Gasteiger charge is 2.30. The Hall–Kier alpha value is -0.610. The lowest BCUT2D eigenvalue weighted by Crippen LogP contribution is -2.41. The topological polar surface area (TPSA) is 58.4 Å². The molecule has 0 heterocycles. The third-order valence-electron chi connectivity index (χ3n) is 3.63. The van der Waals surface area contributed by atoms with Gasteiger partial charge in [0.2, 0.25) is 5.91 Å². The van der Waals surface area contributed by atoms with Crippen LogP contribution in [-0.4, -0.2) is 44.0 Å². The third-order valence-corrected chi connectivity index (χ3v) is 3.63. The molecule has 3 N–H and O–H groups in total. The number of nitrogens with two attached hydrogens (primary N) is 1. The Morgan fingerprint density at radius 1 is 1.41 bits per heavy atom. The number of rotatable bonds is 5. The number of hydrogen-bond donors (Lipinski definition) is 2. The van der Waals surface area contributed by atoms with Crippen LogP contribution >= 0.6 is 0 Å². The van der Waals surface area contributed by atoms with Crippen LogP contribution in [0.15, 0.2) is 0 Å². The predicted octanol–water partition coefficient (Wildman–Crippen LogP) is 0.818. The minimum absolute atomic E-state index is 0.175. The van der Waals surface area contributed by atoms with Gasteiger partial charge in [-0.3, -0.25) is 4.79 Å². The highest BCUT2D eigenvalue weighted by Crippen LogP contribution is 2.29. The Morgan fingerprint density at radius 2 is 2.12 bits per heavy atom. The van der Waals surface area contributed by atoms with E-state index in [1.54, 1.807) is 0 Å². The first-order valence-corrected chi connectivity index (χ1v) is 6.68. The summed E-state index contributed by atoms with van der Waals surface area (Å²) in [5, 5.41) is 3.05. The van der Waals surface area contributed by atoms with E-state index in [0.717, 1.165) is 38.8 Å². The molecule has 1 aliphatic carbocycles. The lowest BCUT2D eigenvalue weighted by Gasteiger charge is -2.31. The molecule has 0 radical (unpaired) electrons. The second-order valence-corrected chi connectivity index (χ2v) is 5.60. The van der Waals surface area contributed by atoms with Crippen LogP contribution in [0.1, 0.15) is 32.6 Å². The first kappa shape index (κ1) is 14.5. The maximum absolute atomic E-state index is 12.0. The van der Waals surface area contributed by atoms with Crippen LogP contribution in [0.25, 0.3) is 0 Å². The smallest absolute Gasteiger partial charge is 0.223 e. The van der Waals surface area contributed by atoms with E-state index in [2.05, 4.69) is 17.1 Å². The minimum atomic E-state index is 0.175. The van der Waals surface area contributed by atoms with E-state index in [9.17, 15) is 4.79 Å². The number of carbonyl (C=O) groups is 1. The number of hydrogen-bond acceptors (Lipinski definition) is 3. The van der Waals surface area contributed by atoms with Crippen LogP contribution in [0, 0.1) is 11.8 Å². The van der Waals surface area contributed by atoms with Crippen molar-refractivity contribution in [1.82, 2.24) is 10.2 Å². The molecule has 1 fully saturated rings. The zero-order chi connectivity index (χ0) is 12.8. The maximum Gasteiger partial charge on any atom is 0.223 e. The summed E-state index contributed by atoms with van der Waals surface area (Å²) in [7, 11) is 4.10. The van der Waals surface area contributed by atoms with Crippen LogP contribution < -0.4 is 11.1 Å². The normalized spacial score (nSPS) is 29.4. The van der Waals surface area contributed by atoms with Crippen LogP contribution in [0.4, 0.5) is 0 Å². The largest absolute Gasteiger partial charge is 0.356 e. The van der Waals surface area contributed by atoms with Gasteiger partial charge in [-0.2, -0.15) is 0 Å². The van der Waals surface area contributed by atoms with E-state index in [-0.39, 0.29) is 11.8 Å². The molecular weight excluding hydrogens is 214 g/mol. The summed E-state index contributed by atoms with van der Waals surface area (Å²) in [6.45, 7) is 3.95. The summed E-state index contributed by atoms with van der Waals surface area (Å²) in [4.78, 5) is 14.1. The summed E-state index contributed by atoms with van der Waals surface area (Å²) >= 11 is 0. The van der Waals surface area contributed by atoms with Gasteiger partial charge < -0.3 is 16.0 Å². The molecule has 1 amide bonds. The fraction of sp³-hybridized carbons (Fsp3) is 0.923. The molecule has 0 aromatic rings. The number of nitrogens with zero attached hydrogens (tertiary/aromatic N) is 1. The van der Waals surface area contributed by atoms with Gasteiger partial charge in [0.1, 0.15) is 0 Å². The molecule has 1 aliphatic rings. The molecule has 4 nitrogen and oxygen atoms in total. The van der Waals surface area contributed by atoms with Crippen LogP contribution in [-0.2, 0) is 4.79 Å². The molecule has 1 rings (SSSR count). The van der Waals surface area contributed by atoms with E-state index in [1.807, 2.05) is 14.1 Å². The summed E-state index contributed by atoms with van der Waals surface area (Å²) in [5.41, 5.74) is 5.91. The summed E-state index contributed by atoms with van der Waals surface area (Å²) in [6.07, 6.45) is 3.93. The van der Waals surface area contributed by atoms with Gasteiger partial charge in [0.05, 0.1) is 0 Å². The molecule has 0 aromatic heterocycles. The summed E-state index contributed by atoms with van der Waals surface area (Å²) < 4.78 is 0. The van der Waals surface area contributed by atoms with Gasteiger partial charge in [0.15, 0.2) is 0 Å². The lowest BCUT2D eigenvalue weighted by molar-refractivity contribution is -0.127. The van der Waals surface area contributed by atoms with E-state index in [0.29, 0.717) is 12.0 Å². The molecule has 100 valence electrons. The van der Waals surface area contributed by atoms with Gasteiger partial charge >= 0.3 is 0 Å². The van der Waals surface area contributed by atoms with Crippen molar-refractivity contribution in [3.05, 3.63) is 0 Å². The first-order valence-electron chi connectivity index (χ1n) is 6.68. The van der Waals surface area contributed by atoms with Gasteiger partial charge in [-0.1, -0.05) is 6.92 Å². The van der Waals surface area contributed by atoms with Crippen molar-refractivity contribution >= 4 is 5.91 Å². The highest BCUT2D eigenvalue weighted by atomic mass is 16.1. The monoisotopic (exact) mass is 241 g/mol. The van der Waals surface area contributed by atoms with Gasteiger partial charge in [-0.05, 0) is 52.2 Å². The molecule has 17 heavy (non-hydrogen) atoms. The van der Waals surface area contributed by atoms with Crippen molar-refractivity contribution in [3.63, 3.8) is 0 Å². The Morgan fingerprint density at radius 3 is 2.71 bits per heavy atom. The maximum atomic E-state index is 12.0. The second kappa shape index (κ2) is 6.97. The Labute approximate surface area is 105 Å². The predicted molar refractivity (Wildman–Crippen MR) is 70.7 cm³/mol. The molecular formula is C13H27N3O. The van der Waals surface area contributed by atoms with Crippen molar-refractivity contribution in [2.75, 3.05) is 27.2 Å². The van der Waals surface area contributed by atoms with E-state index in [1.165, 1.54) is 0 Å². The molecule has 4 heteroatoms. The van der Waals surface area contributed by atoms with Crippen molar-refractivity contribution in [2.24, 2.45) is 17.6 Å². The summed E-state index contributed by atoms with van der Waals surface area (Å²) in [6, 6.07) is 0.294. The molecule has 0 bridgehead atoms. The Kier molecular flexibility index (Phi) is 5.92. The Balaban J connectivity index is 2.23. The van der Waals surface area contributed by atoms with Crippen molar-refractivity contribution in [3.8, 4) is 0 Å². The lowest BCUT2D eigenvalue weighted by atomic mass is 9.78. The minimum Gasteiger partial charge on any atom is -0.356 e. The van der Waals surface area contributed by atoms with E-state index >= 15 is 0 Å². The van der Waals surface area contributed by atoms with Gasteiger partial charge in [-0.15, -0.1) is 0 Å². The molecule has 1 saturated carbocycles. The van der Waals surface area contributed by atoms with E-state index in [4.69, 9.17) is 5.73 Å². The highest BCUT2D eigenvalue weighted by molar-refractivity contribution is 5.79. The average molecular weight is 241 g/mol. The van der Waals surface area contributed by atoms with Crippen LogP contribution in [0.2, 0.25) is 0 Å². The standard InChI is InChI=1S/C13H27N3O/c1-10-9-11(14)5-6-12(10)13(17)15-7-4-8-16(2)3/h10-12H,4-9,14H2,1-3H3,(H,15,17). The van der Waals surface area contributed by atoms with Crippen LogP contribution in [0.5, 0.6) is 0 Å². The fourth-order valence-corrected chi connectivity index (χ4v) is 2.57. The van der Waals surface area contributed by atoms with Gasteiger partial charge in [-0.25, -0.2) is 0 Å². The molecule has 3 unspecified atom stereocenters. The van der Waals surface area contributed by atoms with Crippen molar-refractivity contribution in [2.45, 2.75) is 38.6 Å². The number of amides is 1. The summed E-state index contributed by atoms with van der Waals surface area (Å²) in [5.74, 6) is 0.824. The van der Waals surface area contributed by atoms with Gasteiger partial charge in [0.25, 0.3) is 0 Å².